The summed E-state index contributed by atoms with van der Waals surface area (Å²) in [5, 5.41) is 15.1. The number of nitrogens with one attached hydrogen (secondary N) is 2. The van der Waals surface area contributed by atoms with Crippen molar-refractivity contribution in [1.82, 2.24) is 24.7 Å². The van der Waals surface area contributed by atoms with Gasteiger partial charge in [0.25, 0.3) is 0 Å². The Balaban J connectivity index is 1.24. The number of hydrogen-bond donors (Lipinski definition) is 2. The van der Waals surface area contributed by atoms with Crippen LogP contribution in [0.2, 0.25) is 0 Å². The zero-order valence-electron chi connectivity index (χ0n) is 18.7. The first-order valence-electron chi connectivity index (χ1n) is 11.4. The van der Waals surface area contributed by atoms with E-state index >= 15 is 0 Å². The summed E-state index contributed by atoms with van der Waals surface area (Å²) in [6.07, 6.45) is 4.39. The zero-order chi connectivity index (χ0) is 24.4. The molecule has 0 amide bonds. The molecule has 1 fully saturated rings. The van der Waals surface area contributed by atoms with Crippen molar-refractivity contribution < 1.29 is 13.6 Å². The maximum Gasteiger partial charge on any atom is 0.249 e. The van der Waals surface area contributed by atoms with Crippen LogP contribution in [0.3, 0.4) is 0 Å². The Morgan fingerprint density at radius 3 is 2.78 bits per heavy atom. The molecular weight excluding hydrogens is 482 g/mol. The van der Waals surface area contributed by atoms with Crippen molar-refractivity contribution in [2.75, 3.05) is 5.32 Å². The highest BCUT2D eigenvalue weighted by atomic mass is 32.1. The van der Waals surface area contributed by atoms with Crippen LogP contribution in [-0.4, -0.2) is 36.6 Å². The van der Waals surface area contributed by atoms with E-state index in [-0.39, 0.29) is 18.7 Å². The van der Waals surface area contributed by atoms with Crippen LogP contribution in [0.15, 0.2) is 66.4 Å². The van der Waals surface area contributed by atoms with Gasteiger partial charge < -0.3 is 5.32 Å². The van der Waals surface area contributed by atoms with Crippen molar-refractivity contribution >= 4 is 60.6 Å². The van der Waals surface area contributed by atoms with E-state index < -0.39 is 11.8 Å². The maximum absolute atomic E-state index is 13.2. The van der Waals surface area contributed by atoms with Crippen LogP contribution in [0.1, 0.15) is 17.6 Å². The molecule has 1 aliphatic rings. The fourth-order valence-corrected chi connectivity index (χ4v) is 5.46. The molecular formula is C26H18F2N6OS. The number of hydrogen-bond acceptors (Lipinski definition) is 6. The molecule has 7 nitrogen and oxygen atoms in total. The number of aromatic nitrogens is 5. The van der Waals surface area contributed by atoms with E-state index in [4.69, 9.17) is 9.97 Å². The molecule has 4 heterocycles. The van der Waals surface area contributed by atoms with Crippen molar-refractivity contribution in [2.45, 2.75) is 18.8 Å². The molecule has 10 heteroatoms. The lowest BCUT2D eigenvalue weighted by atomic mass is 9.81. The van der Waals surface area contributed by atoms with Gasteiger partial charge >= 0.3 is 0 Å². The van der Waals surface area contributed by atoms with E-state index in [0.717, 1.165) is 43.1 Å². The summed E-state index contributed by atoms with van der Waals surface area (Å²) >= 11 is 1.56. The van der Waals surface area contributed by atoms with Crippen LogP contribution >= 0.6 is 11.3 Å². The van der Waals surface area contributed by atoms with E-state index in [1.54, 1.807) is 29.9 Å². The molecule has 0 radical (unpaired) electrons. The average Bonchev–Trinajstić information content (AvgIpc) is 3.60. The van der Waals surface area contributed by atoms with Crippen LogP contribution in [0.25, 0.3) is 43.3 Å². The second-order valence-electron chi connectivity index (χ2n) is 9.14. The van der Waals surface area contributed by atoms with Gasteiger partial charge in [0, 0.05) is 47.3 Å². The number of fused-ring (bicyclic) bond motifs is 3. The normalized spacial score (nSPS) is 15.5. The Bertz CT molecular complexity index is 1790. The minimum atomic E-state index is -2.73. The first-order chi connectivity index (χ1) is 17.4. The number of thiophene rings is 1. The Labute approximate surface area is 206 Å². The number of H-pyrrole nitrogens is 1. The van der Waals surface area contributed by atoms with Gasteiger partial charge in [0.1, 0.15) is 0 Å². The summed E-state index contributed by atoms with van der Waals surface area (Å²) in [7, 11) is 0. The highest BCUT2D eigenvalue weighted by Crippen LogP contribution is 2.43. The number of nitrogens with zero attached hydrogens (tertiary/aromatic N) is 4. The van der Waals surface area contributed by atoms with E-state index in [9.17, 15) is 13.6 Å². The summed E-state index contributed by atoms with van der Waals surface area (Å²) in [4.78, 5) is 22.2. The molecule has 0 spiro atoms. The van der Waals surface area contributed by atoms with Gasteiger partial charge in [-0.15, -0.1) is 11.3 Å². The Hall–Kier alpha value is -4.18. The van der Waals surface area contributed by atoms with Crippen LogP contribution in [-0.2, 0) is 0 Å². The number of benzene rings is 2. The van der Waals surface area contributed by atoms with Gasteiger partial charge in [-0.25, -0.2) is 18.7 Å². The summed E-state index contributed by atoms with van der Waals surface area (Å²) in [6.45, 7) is 0. The molecule has 0 aliphatic heterocycles. The third-order valence-corrected chi connectivity index (χ3v) is 7.51. The fourth-order valence-electron chi connectivity index (χ4n) is 4.69. The van der Waals surface area contributed by atoms with Gasteiger partial charge in [0.2, 0.25) is 11.8 Å². The van der Waals surface area contributed by atoms with Gasteiger partial charge in [-0.3, -0.25) is 14.5 Å². The van der Waals surface area contributed by atoms with Gasteiger partial charge in [0.15, 0.2) is 11.6 Å². The van der Waals surface area contributed by atoms with Crippen molar-refractivity contribution in [3.8, 4) is 11.4 Å². The topological polar surface area (TPSA) is 88.5 Å². The number of alkyl halides is 2. The lowest BCUT2D eigenvalue weighted by Crippen LogP contribution is -2.41. The molecule has 0 atom stereocenters. The molecule has 0 unspecified atom stereocenters. The SMILES string of the molecule is O=C(C1CC(F)(F)C1)n1cc2ccc(-c3nc(Nc4ccc5[nH]ncc5c4)c4sccc4n3)cc2c1. The fraction of sp³-hybridized carbons (Fsp3) is 0.154. The summed E-state index contributed by atoms with van der Waals surface area (Å²) < 4.78 is 28.8. The number of carbonyl (C=O) groups is 1. The minimum Gasteiger partial charge on any atom is -0.339 e. The number of halogens is 2. The Morgan fingerprint density at radius 2 is 1.92 bits per heavy atom. The number of carbonyl (C=O) groups excluding carboxylic acids is 1. The van der Waals surface area contributed by atoms with Crippen molar-refractivity contribution in [2.24, 2.45) is 5.92 Å². The lowest BCUT2D eigenvalue weighted by Gasteiger charge is -2.33. The van der Waals surface area contributed by atoms with E-state index in [1.165, 1.54) is 4.57 Å². The molecule has 7 rings (SSSR count). The highest BCUT2D eigenvalue weighted by molar-refractivity contribution is 7.17. The van der Waals surface area contributed by atoms with Gasteiger partial charge in [0.05, 0.1) is 27.8 Å². The number of aromatic amines is 1. The smallest absolute Gasteiger partial charge is 0.249 e. The summed E-state index contributed by atoms with van der Waals surface area (Å²) in [5.41, 5.74) is 3.46. The second-order valence-corrected chi connectivity index (χ2v) is 10.1. The highest BCUT2D eigenvalue weighted by Gasteiger charge is 2.49. The van der Waals surface area contributed by atoms with Crippen LogP contribution in [0, 0.1) is 5.92 Å². The standard InChI is InChI=1S/C26H18F2N6OS/c27-26(28)9-18(10-26)25(35)34-12-15-2-1-14(7-17(15)13-34)23-31-21-5-6-36-22(21)24(32-23)30-19-3-4-20-16(8-19)11-29-33-20/h1-8,11-13,18H,9-10H2,(H,29,33)(H,30,31,32). The Kier molecular flexibility index (Phi) is 4.50. The second kappa shape index (κ2) is 7.66. The van der Waals surface area contributed by atoms with Gasteiger partial charge in [-0.1, -0.05) is 12.1 Å². The predicted octanol–water partition coefficient (Wildman–Crippen LogP) is 6.62. The van der Waals surface area contributed by atoms with Crippen molar-refractivity contribution in [3.63, 3.8) is 0 Å². The van der Waals surface area contributed by atoms with E-state index in [0.29, 0.717) is 11.6 Å². The van der Waals surface area contributed by atoms with Crippen LogP contribution in [0.4, 0.5) is 20.3 Å². The maximum atomic E-state index is 13.2. The minimum absolute atomic E-state index is 0.296. The van der Waals surface area contributed by atoms with Crippen molar-refractivity contribution in [1.29, 1.82) is 0 Å². The predicted molar refractivity (Wildman–Crippen MR) is 136 cm³/mol. The molecule has 0 bridgehead atoms. The molecule has 2 N–H and O–H groups in total. The molecule has 0 saturated heterocycles. The number of rotatable bonds is 4. The zero-order valence-corrected chi connectivity index (χ0v) is 19.5. The first-order valence-corrected chi connectivity index (χ1v) is 12.3. The lowest BCUT2D eigenvalue weighted by molar-refractivity contribution is -0.0999. The monoisotopic (exact) mass is 500 g/mol. The Morgan fingerprint density at radius 1 is 1.06 bits per heavy atom. The van der Waals surface area contributed by atoms with Crippen LogP contribution in [0.5, 0.6) is 0 Å². The average molecular weight is 501 g/mol. The van der Waals surface area contributed by atoms with E-state index in [2.05, 4.69) is 15.5 Å². The quantitative estimate of drug-likeness (QED) is 0.284. The molecule has 178 valence electrons. The molecule has 2 aromatic carbocycles. The third kappa shape index (κ3) is 3.53. The largest absolute Gasteiger partial charge is 0.339 e. The number of anilines is 2. The summed E-state index contributed by atoms with van der Waals surface area (Å²) in [5.74, 6) is -2.41. The van der Waals surface area contributed by atoms with Gasteiger partial charge in [-0.05, 0) is 41.1 Å². The van der Waals surface area contributed by atoms with E-state index in [1.807, 2.05) is 47.8 Å². The summed E-state index contributed by atoms with van der Waals surface area (Å²) in [6, 6.07) is 13.6. The van der Waals surface area contributed by atoms with Crippen LogP contribution < -0.4 is 5.32 Å². The third-order valence-electron chi connectivity index (χ3n) is 6.60. The molecule has 1 aliphatic carbocycles. The molecule has 36 heavy (non-hydrogen) atoms. The molecule has 6 aromatic rings. The first kappa shape index (κ1) is 21.1. The van der Waals surface area contributed by atoms with Gasteiger partial charge in [-0.2, -0.15) is 5.10 Å². The van der Waals surface area contributed by atoms with Crippen molar-refractivity contribution in [3.05, 3.63) is 66.4 Å². The molecule has 4 aromatic heterocycles. The molecule has 1 saturated carbocycles.